The van der Waals surface area contributed by atoms with Gasteiger partial charge >= 0.3 is 0 Å². The molecule has 0 unspecified atom stereocenters. The van der Waals surface area contributed by atoms with Crippen molar-refractivity contribution >= 4 is 23.2 Å². The van der Waals surface area contributed by atoms with Gasteiger partial charge in [-0.2, -0.15) is 0 Å². The lowest BCUT2D eigenvalue weighted by Crippen LogP contribution is -2.42. The first-order chi connectivity index (χ1) is 12.3. The van der Waals surface area contributed by atoms with Crippen molar-refractivity contribution in [3.8, 4) is 5.75 Å². The third-order valence-electron chi connectivity index (χ3n) is 3.95. The molecular formula is C21H26N2O2S. The minimum atomic E-state index is -0.269. The molecule has 0 heterocycles. The quantitative estimate of drug-likeness (QED) is 0.811. The molecule has 0 spiro atoms. The summed E-state index contributed by atoms with van der Waals surface area (Å²) >= 11 is 5.28. The second-order valence-electron chi connectivity index (χ2n) is 7.26. The summed E-state index contributed by atoms with van der Waals surface area (Å²) in [5.74, 6) is 0.395. The van der Waals surface area contributed by atoms with Crippen LogP contribution in [0.25, 0.3) is 0 Å². The maximum atomic E-state index is 12.1. The zero-order chi connectivity index (χ0) is 19.2. The number of nitrogens with one attached hydrogen (secondary N) is 1. The van der Waals surface area contributed by atoms with Gasteiger partial charge in [-0.1, -0.05) is 63.2 Å². The summed E-state index contributed by atoms with van der Waals surface area (Å²) in [5, 5.41) is 3.08. The molecule has 0 aliphatic heterocycles. The van der Waals surface area contributed by atoms with E-state index in [1.807, 2.05) is 66.5 Å². The highest BCUT2D eigenvalue weighted by molar-refractivity contribution is 7.80. The molecular weight excluding hydrogens is 344 g/mol. The second-order valence-corrected chi connectivity index (χ2v) is 7.64. The lowest BCUT2D eigenvalue weighted by molar-refractivity contribution is -0.121. The van der Waals surface area contributed by atoms with E-state index in [1.54, 1.807) is 0 Å². The van der Waals surface area contributed by atoms with Crippen molar-refractivity contribution in [2.45, 2.75) is 32.7 Å². The van der Waals surface area contributed by atoms with Crippen LogP contribution in [0.5, 0.6) is 5.75 Å². The van der Waals surface area contributed by atoms with Crippen LogP contribution in [0.4, 0.5) is 0 Å². The lowest BCUT2D eigenvalue weighted by atomic mass is 9.87. The third-order valence-corrected chi connectivity index (χ3v) is 4.36. The first-order valence-electron chi connectivity index (χ1n) is 8.58. The van der Waals surface area contributed by atoms with Gasteiger partial charge in [0.05, 0.1) is 0 Å². The van der Waals surface area contributed by atoms with Crippen LogP contribution < -0.4 is 10.1 Å². The zero-order valence-electron chi connectivity index (χ0n) is 15.8. The van der Waals surface area contributed by atoms with E-state index in [4.69, 9.17) is 17.0 Å². The molecule has 0 saturated heterocycles. The number of rotatable bonds is 5. The number of amides is 1. The normalized spacial score (nSPS) is 10.9. The predicted octanol–water partition coefficient (Wildman–Crippen LogP) is 3.90. The van der Waals surface area contributed by atoms with Gasteiger partial charge in [0.15, 0.2) is 11.7 Å². The van der Waals surface area contributed by atoms with Gasteiger partial charge in [-0.15, -0.1) is 0 Å². The Morgan fingerprint density at radius 3 is 2.27 bits per heavy atom. The molecule has 26 heavy (non-hydrogen) atoms. The van der Waals surface area contributed by atoms with Crippen LogP contribution in [0.3, 0.4) is 0 Å². The molecule has 0 aromatic heterocycles. The molecule has 2 rings (SSSR count). The lowest BCUT2D eigenvalue weighted by Gasteiger charge is -2.21. The van der Waals surface area contributed by atoms with Crippen molar-refractivity contribution in [3.05, 3.63) is 65.7 Å². The van der Waals surface area contributed by atoms with E-state index >= 15 is 0 Å². The predicted molar refractivity (Wildman–Crippen MR) is 109 cm³/mol. The molecule has 0 bridgehead atoms. The second kappa shape index (κ2) is 8.81. The average molecular weight is 371 g/mol. The topological polar surface area (TPSA) is 41.6 Å². The van der Waals surface area contributed by atoms with E-state index in [0.717, 1.165) is 5.56 Å². The van der Waals surface area contributed by atoms with Gasteiger partial charge in [-0.05, 0) is 40.9 Å². The maximum absolute atomic E-state index is 12.1. The van der Waals surface area contributed by atoms with E-state index in [-0.39, 0.29) is 17.9 Å². The Morgan fingerprint density at radius 1 is 1.08 bits per heavy atom. The summed E-state index contributed by atoms with van der Waals surface area (Å²) < 4.78 is 5.54. The summed E-state index contributed by atoms with van der Waals surface area (Å²) in [6.45, 7) is 7.03. The molecule has 1 amide bonds. The number of hydrogen-bond acceptors (Lipinski definition) is 3. The SMILES string of the molecule is CN(Cc1ccccc1)C(=S)NC(=O)COc1ccc(C(C)(C)C)cc1. The molecule has 0 aliphatic carbocycles. The number of hydrogen-bond donors (Lipinski definition) is 1. The van der Waals surface area contributed by atoms with Gasteiger partial charge in [-0.3, -0.25) is 4.79 Å². The summed E-state index contributed by atoms with van der Waals surface area (Å²) in [7, 11) is 1.85. The van der Waals surface area contributed by atoms with E-state index < -0.39 is 0 Å². The fourth-order valence-corrected chi connectivity index (χ4v) is 2.56. The number of benzene rings is 2. The number of thiocarbonyl (C=S) groups is 1. The smallest absolute Gasteiger partial charge is 0.264 e. The highest BCUT2D eigenvalue weighted by Crippen LogP contribution is 2.24. The molecule has 0 aliphatic rings. The van der Waals surface area contributed by atoms with Crippen molar-refractivity contribution in [1.82, 2.24) is 10.2 Å². The Kier molecular flexibility index (Phi) is 6.75. The van der Waals surface area contributed by atoms with Gasteiger partial charge in [-0.25, -0.2) is 0 Å². The molecule has 0 saturated carbocycles. The monoisotopic (exact) mass is 370 g/mol. The Morgan fingerprint density at radius 2 is 1.69 bits per heavy atom. The van der Waals surface area contributed by atoms with Crippen LogP contribution in [-0.4, -0.2) is 29.6 Å². The average Bonchev–Trinajstić information content (AvgIpc) is 2.60. The van der Waals surface area contributed by atoms with Crippen molar-refractivity contribution in [2.24, 2.45) is 0 Å². The van der Waals surface area contributed by atoms with Gasteiger partial charge in [0.2, 0.25) is 0 Å². The summed E-state index contributed by atoms with van der Waals surface area (Å²) in [5.41, 5.74) is 2.44. The Balaban J connectivity index is 1.80. The minimum absolute atomic E-state index is 0.0752. The Hall–Kier alpha value is -2.40. The van der Waals surface area contributed by atoms with E-state index in [0.29, 0.717) is 17.4 Å². The van der Waals surface area contributed by atoms with Gasteiger partial charge in [0, 0.05) is 13.6 Å². The third kappa shape index (κ3) is 6.15. The van der Waals surface area contributed by atoms with Crippen LogP contribution in [0.1, 0.15) is 31.9 Å². The first kappa shape index (κ1) is 19.9. The fourth-order valence-electron chi connectivity index (χ4n) is 2.38. The van der Waals surface area contributed by atoms with Gasteiger partial charge < -0.3 is 15.0 Å². The van der Waals surface area contributed by atoms with E-state index in [1.165, 1.54) is 5.56 Å². The zero-order valence-corrected chi connectivity index (χ0v) is 16.6. The molecule has 138 valence electrons. The highest BCUT2D eigenvalue weighted by Gasteiger charge is 2.14. The molecule has 1 N–H and O–H groups in total. The highest BCUT2D eigenvalue weighted by atomic mass is 32.1. The molecule has 0 radical (unpaired) electrons. The Labute approximate surface area is 161 Å². The number of carbonyl (C=O) groups is 1. The largest absolute Gasteiger partial charge is 0.484 e. The van der Waals surface area contributed by atoms with Crippen molar-refractivity contribution in [2.75, 3.05) is 13.7 Å². The molecule has 5 heteroatoms. The first-order valence-corrected chi connectivity index (χ1v) is 8.99. The van der Waals surface area contributed by atoms with Gasteiger partial charge in [0.1, 0.15) is 5.75 Å². The molecule has 0 fully saturated rings. The van der Waals surface area contributed by atoms with Crippen LogP contribution >= 0.6 is 12.2 Å². The van der Waals surface area contributed by atoms with Crippen LogP contribution in [0.2, 0.25) is 0 Å². The molecule has 4 nitrogen and oxygen atoms in total. The number of ether oxygens (including phenoxy) is 1. The van der Waals surface area contributed by atoms with Gasteiger partial charge in [0.25, 0.3) is 5.91 Å². The summed E-state index contributed by atoms with van der Waals surface area (Å²) in [6, 6.07) is 17.8. The summed E-state index contributed by atoms with van der Waals surface area (Å²) in [6.07, 6.45) is 0. The fraction of sp³-hybridized carbons (Fsp3) is 0.333. The Bertz CT molecular complexity index is 737. The standard InChI is InChI=1S/C21H26N2O2S/c1-21(2,3)17-10-12-18(13-11-17)25-15-19(24)22-20(26)23(4)14-16-8-6-5-7-9-16/h5-13H,14-15H2,1-4H3,(H,22,24,26). The number of nitrogens with zero attached hydrogens (tertiary/aromatic N) is 1. The van der Waals surface area contributed by atoms with Crippen LogP contribution in [0.15, 0.2) is 54.6 Å². The van der Waals surface area contributed by atoms with Crippen molar-refractivity contribution < 1.29 is 9.53 Å². The van der Waals surface area contributed by atoms with E-state index in [9.17, 15) is 4.79 Å². The number of carbonyl (C=O) groups excluding carboxylic acids is 1. The van der Waals surface area contributed by atoms with E-state index in [2.05, 4.69) is 26.1 Å². The maximum Gasteiger partial charge on any atom is 0.264 e. The summed E-state index contributed by atoms with van der Waals surface area (Å²) in [4.78, 5) is 13.9. The van der Waals surface area contributed by atoms with Crippen molar-refractivity contribution in [1.29, 1.82) is 0 Å². The molecule has 0 atom stereocenters. The molecule has 2 aromatic rings. The molecule has 2 aromatic carbocycles. The minimum Gasteiger partial charge on any atom is -0.484 e. The van der Waals surface area contributed by atoms with Crippen molar-refractivity contribution in [3.63, 3.8) is 0 Å². The van der Waals surface area contributed by atoms with Crippen LogP contribution in [-0.2, 0) is 16.8 Å². The van der Waals surface area contributed by atoms with Crippen LogP contribution in [0, 0.1) is 0 Å².